The van der Waals surface area contributed by atoms with E-state index in [-0.39, 0.29) is 0 Å². The van der Waals surface area contributed by atoms with Crippen LogP contribution in [0.2, 0.25) is 0 Å². The summed E-state index contributed by atoms with van der Waals surface area (Å²) in [5.74, 6) is 1.23. The van der Waals surface area contributed by atoms with Gasteiger partial charge >= 0.3 is 0 Å². The van der Waals surface area contributed by atoms with Gasteiger partial charge in [-0.25, -0.2) is 9.97 Å². The summed E-state index contributed by atoms with van der Waals surface area (Å²) >= 11 is 1.52. The average molecular weight is 401 g/mol. The minimum Gasteiger partial charge on any atom is -0.487 e. The Morgan fingerprint density at radius 2 is 1.61 bits per heavy atom. The minimum atomic E-state index is 0.411. The third kappa shape index (κ3) is 5.25. The molecule has 0 atom stereocenters. The van der Waals surface area contributed by atoms with Crippen molar-refractivity contribution < 1.29 is 18.9 Å². The van der Waals surface area contributed by atoms with Crippen LogP contribution in [0.1, 0.15) is 0 Å². The van der Waals surface area contributed by atoms with Crippen LogP contribution in [0.15, 0.2) is 52.6 Å². The SMILES string of the molecule is COCCOc1cc2ncnc(Sc3cccc(N)c3)c2cc1OCCOC. The van der Waals surface area contributed by atoms with Gasteiger partial charge in [0.05, 0.1) is 18.7 Å². The van der Waals surface area contributed by atoms with Crippen LogP contribution in [0, 0.1) is 0 Å². The zero-order valence-corrected chi connectivity index (χ0v) is 16.7. The molecule has 0 radical (unpaired) electrons. The Morgan fingerprint density at radius 1 is 0.893 bits per heavy atom. The molecular weight excluding hydrogens is 378 g/mol. The molecule has 2 aromatic carbocycles. The zero-order chi connectivity index (χ0) is 19.8. The van der Waals surface area contributed by atoms with E-state index in [1.165, 1.54) is 11.8 Å². The van der Waals surface area contributed by atoms with Gasteiger partial charge in [0.25, 0.3) is 0 Å². The largest absolute Gasteiger partial charge is 0.487 e. The number of nitrogen functional groups attached to an aromatic ring is 1. The molecule has 0 bridgehead atoms. The quantitative estimate of drug-likeness (QED) is 0.314. The summed E-state index contributed by atoms with van der Waals surface area (Å²) in [6.07, 6.45) is 1.54. The van der Waals surface area contributed by atoms with E-state index in [4.69, 9.17) is 24.7 Å². The number of benzene rings is 2. The molecule has 28 heavy (non-hydrogen) atoms. The van der Waals surface area contributed by atoms with Crippen molar-refractivity contribution in [2.24, 2.45) is 0 Å². The van der Waals surface area contributed by atoms with Gasteiger partial charge in [-0.2, -0.15) is 0 Å². The number of nitrogens with two attached hydrogens (primary N) is 1. The highest BCUT2D eigenvalue weighted by Crippen LogP contribution is 2.37. The molecule has 1 heterocycles. The molecule has 0 aliphatic heterocycles. The predicted molar refractivity (Wildman–Crippen MR) is 109 cm³/mol. The number of rotatable bonds is 10. The maximum atomic E-state index is 5.89. The maximum Gasteiger partial charge on any atom is 0.163 e. The molecule has 8 heteroatoms. The van der Waals surface area contributed by atoms with Gasteiger partial charge in [-0.1, -0.05) is 17.8 Å². The lowest BCUT2D eigenvalue weighted by Gasteiger charge is -2.14. The fourth-order valence-corrected chi connectivity index (χ4v) is 3.45. The minimum absolute atomic E-state index is 0.411. The molecule has 3 rings (SSSR count). The second-order valence-electron chi connectivity index (χ2n) is 5.85. The van der Waals surface area contributed by atoms with Crippen molar-refractivity contribution in [1.82, 2.24) is 9.97 Å². The number of nitrogens with zero attached hydrogens (tertiary/aromatic N) is 2. The third-order valence-electron chi connectivity index (χ3n) is 3.83. The van der Waals surface area contributed by atoms with Crippen LogP contribution in [0.3, 0.4) is 0 Å². The highest BCUT2D eigenvalue weighted by molar-refractivity contribution is 7.99. The van der Waals surface area contributed by atoms with Crippen LogP contribution < -0.4 is 15.2 Å². The molecule has 0 fully saturated rings. The van der Waals surface area contributed by atoms with Crippen LogP contribution in [0.5, 0.6) is 11.5 Å². The first-order valence-corrected chi connectivity index (χ1v) is 9.58. The monoisotopic (exact) mass is 401 g/mol. The number of fused-ring (bicyclic) bond motifs is 1. The van der Waals surface area contributed by atoms with E-state index >= 15 is 0 Å². The Kier molecular flexibility index (Phi) is 7.30. The van der Waals surface area contributed by atoms with E-state index in [0.29, 0.717) is 43.6 Å². The van der Waals surface area contributed by atoms with E-state index < -0.39 is 0 Å². The van der Waals surface area contributed by atoms with Gasteiger partial charge < -0.3 is 24.7 Å². The Bertz CT molecular complexity index is 923. The lowest BCUT2D eigenvalue weighted by molar-refractivity contribution is 0.132. The molecule has 7 nitrogen and oxygen atoms in total. The normalized spacial score (nSPS) is 10.9. The summed E-state index contributed by atoms with van der Waals surface area (Å²) in [6, 6.07) is 11.4. The van der Waals surface area contributed by atoms with Gasteiger partial charge in [0.1, 0.15) is 24.6 Å². The van der Waals surface area contributed by atoms with Gasteiger partial charge in [-0.3, -0.25) is 0 Å². The first-order chi connectivity index (χ1) is 13.7. The van der Waals surface area contributed by atoms with Crippen molar-refractivity contribution >= 4 is 28.4 Å². The van der Waals surface area contributed by atoms with E-state index in [1.54, 1.807) is 20.5 Å². The summed E-state index contributed by atoms with van der Waals surface area (Å²) in [5, 5.41) is 1.69. The molecule has 2 N–H and O–H groups in total. The molecule has 0 spiro atoms. The topological polar surface area (TPSA) is 88.7 Å². The van der Waals surface area contributed by atoms with E-state index in [1.807, 2.05) is 36.4 Å². The number of anilines is 1. The number of methoxy groups -OCH3 is 2. The van der Waals surface area contributed by atoms with Crippen molar-refractivity contribution in [2.45, 2.75) is 9.92 Å². The van der Waals surface area contributed by atoms with Gasteiger partial charge in [0.2, 0.25) is 0 Å². The first kappa shape index (κ1) is 20.2. The number of ether oxygens (including phenoxy) is 4. The van der Waals surface area contributed by atoms with Crippen molar-refractivity contribution in [3.8, 4) is 11.5 Å². The highest BCUT2D eigenvalue weighted by atomic mass is 32.2. The smallest absolute Gasteiger partial charge is 0.163 e. The Hall–Kier alpha value is -2.55. The second kappa shape index (κ2) is 10.1. The van der Waals surface area contributed by atoms with Crippen LogP contribution in [0.25, 0.3) is 10.9 Å². The summed E-state index contributed by atoms with van der Waals surface area (Å²) in [6.45, 7) is 1.79. The third-order valence-corrected chi connectivity index (χ3v) is 4.84. The molecule has 0 aliphatic carbocycles. The second-order valence-corrected chi connectivity index (χ2v) is 6.91. The standard InChI is InChI=1S/C20H23N3O4S/c1-24-6-8-26-18-11-16-17(12-19(18)27-9-7-25-2)22-13-23-20(16)28-15-5-3-4-14(21)10-15/h3-5,10-13H,6-9,21H2,1-2H3. The molecule has 1 aromatic heterocycles. The average Bonchev–Trinajstić information content (AvgIpc) is 2.69. The Balaban J connectivity index is 1.95. The zero-order valence-electron chi connectivity index (χ0n) is 15.9. The van der Waals surface area contributed by atoms with Crippen molar-refractivity contribution in [2.75, 3.05) is 46.4 Å². The summed E-state index contributed by atoms with van der Waals surface area (Å²) in [5.41, 5.74) is 7.37. The van der Waals surface area contributed by atoms with Crippen molar-refractivity contribution in [1.29, 1.82) is 0 Å². The molecular formula is C20H23N3O4S. The Morgan fingerprint density at radius 3 is 2.29 bits per heavy atom. The maximum absolute atomic E-state index is 5.89. The van der Waals surface area contributed by atoms with Crippen LogP contribution in [-0.4, -0.2) is 50.6 Å². The molecule has 0 saturated carbocycles. The molecule has 0 aliphatic rings. The van der Waals surface area contributed by atoms with Crippen LogP contribution in [-0.2, 0) is 9.47 Å². The predicted octanol–water partition coefficient (Wildman–Crippen LogP) is 3.41. The van der Waals surface area contributed by atoms with Gasteiger partial charge in [-0.15, -0.1) is 0 Å². The molecule has 148 valence electrons. The van der Waals surface area contributed by atoms with Gasteiger partial charge in [0.15, 0.2) is 11.5 Å². The van der Waals surface area contributed by atoms with Crippen LogP contribution >= 0.6 is 11.8 Å². The fourth-order valence-electron chi connectivity index (χ4n) is 2.51. The fraction of sp³-hybridized carbons (Fsp3) is 0.300. The van der Waals surface area contributed by atoms with Crippen molar-refractivity contribution in [3.63, 3.8) is 0 Å². The van der Waals surface area contributed by atoms with Crippen LogP contribution in [0.4, 0.5) is 5.69 Å². The lowest BCUT2D eigenvalue weighted by atomic mass is 10.2. The van der Waals surface area contributed by atoms with Gasteiger partial charge in [-0.05, 0) is 24.3 Å². The van der Waals surface area contributed by atoms with E-state index in [0.717, 1.165) is 20.8 Å². The number of hydrogen-bond donors (Lipinski definition) is 1. The number of hydrogen-bond acceptors (Lipinski definition) is 8. The summed E-state index contributed by atoms with van der Waals surface area (Å²) in [4.78, 5) is 9.83. The van der Waals surface area contributed by atoms with Crippen molar-refractivity contribution in [3.05, 3.63) is 42.7 Å². The number of aromatic nitrogens is 2. The molecule has 3 aromatic rings. The Labute approximate surface area is 168 Å². The molecule has 0 amide bonds. The van der Waals surface area contributed by atoms with E-state index in [9.17, 15) is 0 Å². The molecule has 0 unspecified atom stereocenters. The molecule has 0 saturated heterocycles. The first-order valence-electron chi connectivity index (χ1n) is 8.77. The lowest BCUT2D eigenvalue weighted by Crippen LogP contribution is -2.08. The summed E-state index contributed by atoms with van der Waals surface area (Å²) in [7, 11) is 3.26. The van der Waals surface area contributed by atoms with E-state index in [2.05, 4.69) is 9.97 Å². The summed E-state index contributed by atoms with van der Waals surface area (Å²) < 4.78 is 21.8. The van der Waals surface area contributed by atoms with Gasteiger partial charge in [0, 0.05) is 36.3 Å². The highest BCUT2D eigenvalue weighted by Gasteiger charge is 2.13.